The van der Waals surface area contributed by atoms with Crippen LogP contribution in [-0.2, 0) is 22.1 Å². The van der Waals surface area contributed by atoms with Gasteiger partial charge in [-0.15, -0.1) is 0 Å². The Labute approximate surface area is 118 Å². The molecule has 0 spiro atoms. The van der Waals surface area contributed by atoms with Gasteiger partial charge >= 0.3 is 7.25 Å². The number of anilines is 1. The molecule has 0 aliphatic carbocycles. The van der Waals surface area contributed by atoms with Gasteiger partial charge in [-0.25, -0.2) is 0 Å². The molecule has 1 aromatic carbocycles. The zero-order valence-electron chi connectivity index (χ0n) is 11.3. The van der Waals surface area contributed by atoms with E-state index in [4.69, 9.17) is 0 Å². The Morgan fingerprint density at radius 1 is 1.25 bits per heavy atom. The van der Waals surface area contributed by atoms with Gasteiger partial charge in [-0.1, -0.05) is 18.2 Å². The van der Waals surface area contributed by atoms with Crippen molar-refractivity contribution in [2.24, 2.45) is 0 Å². The van der Waals surface area contributed by atoms with Crippen LogP contribution in [0.1, 0.15) is 5.56 Å². The van der Waals surface area contributed by atoms with Gasteiger partial charge in [-0.2, -0.15) is 0 Å². The Hall–Kier alpha value is -1.18. The molecule has 1 aromatic rings. The lowest BCUT2D eigenvalue weighted by Crippen LogP contribution is -2.33. The summed E-state index contributed by atoms with van der Waals surface area (Å²) in [5, 5.41) is 0. The first-order valence-electron chi connectivity index (χ1n) is 5.98. The van der Waals surface area contributed by atoms with Gasteiger partial charge in [-0.05, 0) is 28.9 Å². The van der Waals surface area contributed by atoms with Crippen molar-refractivity contribution in [1.29, 1.82) is 0 Å². The highest BCUT2D eigenvalue weighted by atomic mass is 32.2. The summed E-state index contributed by atoms with van der Waals surface area (Å²) in [5.41, 5.74) is 2.42. The standard InChI is InChI=1S/C12H16NOS.BF4/c1-15(2)9-12(14)13-8-7-10-5-3-4-6-11(10)13;2-1(3,4)5/h3-6H,7-9H2,1-2H3;/q+1;-1. The lowest BCUT2D eigenvalue weighted by atomic mass is 10.2. The maximum Gasteiger partial charge on any atom is 0.673 e. The summed E-state index contributed by atoms with van der Waals surface area (Å²) >= 11 is 0. The highest BCUT2D eigenvalue weighted by Crippen LogP contribution is 2.27. The van der Waals surface area contributed by atoms with Gasteiger partial charge in [0.05, 0.1) is 12.5 Å². The number of carbonyl (C=O) groups excluding carboxylic acids is 1. The van der Waals surface area contributed by atoms with E-state index in [2.05, 4.69) is 18.6 Å². The minimum Gasteiger partial charge on any atom is -0.418 e. The SMILES string of the molecule is C[S+](C)CC(=O)N1CCc2ccccc21.F[B-](F)(F)F. The van der Waals surface area contributed by atoms with E-state index in [1.807, 2.05) is 23.1 Å². The summed E-state index contributed by atoms with van der Waals surface area (Å²) in [7, 11) is -5.81. The number of halogens is 4. The number of fused-ring (bicyclic) bond motifs is 1. The second-order valence-corrected chi connectivity index (χ2v) is 6.81. The van der Waals surface area contributed by atoms with Crippen LogP contribution in [0.5, 0.6) is 0 Å². The molecule has 0 N–H and O–H groups in total. The van der Waals surface area contributed by atoms with Crippen molar-refractivity contribution < 1.29 is 22.1 Å². The van der Waals surface area contributed by atoms with E-state index < -0.39 is 7.25 Å². The number of rotatable bonds is 2. The van der Waals surface area contributed by atoms with E-state index in [9.17, 15) is 22.1 Å². The highest BCUT2D eigenvalue weighted by molar-refractivity contribution is 7.96. The van der Waals surface area contributed by atoms with Gasteiger partial charge in [0, 0.05) is 12.2 Å². The number of amides is 1. The third kappa shape index (κ3) is 5.86. The van der Waals surface area contributed by atoms with Crippen molar-refractivity contribution in [2.75, 3.05) is 29.7 Å². The fourth-order valence-electron chi connectivity index (χ4n) is 1.92. The maximum atomic E-state index is 12.0. The lowest BCUT2D eigenvalue weighted by Gasteiger charge is -2.15. The molecule has 2 rings (SSSR count). The smallest absolute Gasteiger partial charge is 0.418 e. The van der Waals surface area contributed by atoms with Gasteiger partial charge < -0.3 is 22.2 Å². The summed E-state index contributed by atoms with van der Waals surface area (Å²) in [6, 6.07) is 8.20. The van der Waals surface area contributed by atoms with Crippen LogP contribution in [0.4, 0.5) is 23.0 Å². The molecule has 1 amide bonds. The Morgan fingerprint density at radius 3 is 2.35 bits per heavy atom. The third-order valence-electron chi connectivity index (χ3n) is 2.60. The second-order valence-electron chi connectivity index (χ2n) is 4.55. The van der Waals surface area contributed by atoms with E-state index in [0.29, 0.717) is 5.75 Å². The Balaban J connectivity index is 0.000000347. The molecule has 112 valence electrons. The molecular formula is C12H16BF4NOS. The zero-order valence-corrected chi connectivity index (χ0v) is 12.1. The largest absolute Gasteiger partial charge is 0.673 e. The van der Waals surface area contributed by atoms with E-state index in [-0.39, 0.29) is 16.8 Å². The topological polar surface area (TPSA) is 20.3 Å². The molecule has 1 aliphatic heterocycles. The number of hydrogen-bond acceptors (Lipinski definition) is 1. The van der Waals surface area contributed by atoms with Crippen LogP contribution < -0.4 is 4.90 Å². The van der Waals surface area contributed by atoms with Crippen molar-refractivity contribution in [1.82, 2.24) is 0 Å². The molecule has 0 radical (unpaired) electrons. The minimum absolute atomic E-state index is 0.190. The quantitative estimate of drug-likeness (QED) is 0.467. The first kappa shape index (κ1) is 16.9. The van der Waals surface area contributed by atoms with Crippen molar-refractivity contribution >= 4 is 29.7 Å². The van der Waals surface area contributed by atoms with Crippen molar-refractivity contribution in [2.45, 2.75) is 6.42 Å². The minimum atomic E-state index is -6.00. The molecule has 1 heterocycles. The fraction of sp³-hybridized carbons (Fsp3) is 0.417. The molecule has 0 fully saturated rings. The van der Waals surface area contributed by atoms with Crippen LogP contribution in [-0.4, -0.2) is 38.0 Å². The molecule has 0 aromatic heterocycles. The van der Waals surface area contributed by atoms with Gasteiger partial charge in [-0.3, -0.25) is 4.79 Å². The molecule has 0 saturated carbocycles. The summed E-state index contributed by atoms with van der Waals surface area (Å²) in [4.78, 5) is 13.9. The van der Waals surface area contributed by atoms with E-state index >= 15 is 0 Å². The summed E-state index contributed by atoms with van der Waals surface area (Å²) in [6.45, 7) is 0.857. The summed E-state index contributed by atoms with van der Waals surface area (Å²) in [5.74, 6) is 0.946. The van der Waals surface area contributed by atoms with Gasteiger partial charge in [0.15, 0.2) is 5.75 Å². The predicted molar refractivity (Wildman–Crippen MR) is 76.8 cm³/mol. The number of benzene rings is 1. The first-order chi connectivity index (χ1) is 9.18. The Morgan fingerprint density at radius 2 is 1.80 bits per heavy atom. The Kier molecular flexibility index (Phi) is 5.92. The van der Waals surface area contributed by atoms with Gasteiger partial charge in [0.1, 0.15) is 0 Å². The number of nitrogens with zero attached hydrogens (tertiary/aromatic N) is 1. The predicted octanol–water partition coefficient (Wildman–Crippen LogP) is 2.75. The third-order valence-corrected chi connectivity index (χ3v) is 3.42. The number of hydrogen-bond donors (Lipinski definition) is 0. The molecule has 2 nitrogen and oxygen atoms in total. The van der Waals surface area contributed by atoms with Crippen LogP contribution >= 0.6 is 0 Å². The molecule has 1 aliphatic rings. The van der Waals surface area contributed by atoms with E-state index in [1.165, 1.54) is 5.56 Å². The fourth-order valence-corrected chi connectivity index (χ4v) is 2.57. The van der Waals surface area contributed by atoms with Crippen molar-refractivity contribution in [3.05, 3.63) is 29.8 Å². The van der Waals surface area contributed by atoms with Crippen LogP contribution in [0.25, 0.3) is 0 Å². The monoisotopic (exact) mass is 309 g/mol. The van der Waals surface area contributed by atoms with Crippen LogP contribution in [0.3, 0.4) is 0 Å². The summed E-state index contributed by atoms with van der Waals surface area (Å²) < 4.78 is 39.0. The summed E-state index contributed by atoms with van der Waals surface area (Å²) in [6.07, 6.45) is 5.23. The average Bonchev–Trinajstić information content (AvgIpc) is 2.69. The molecule has 8 heteroatoms. The number of para-hydroxylation sites is 1. The lowest BCUT2D eigenvalue weighted by molar-refractivity contribution is -0.116. The van der Waals surface area contributed by atoms with Gasteiger partial charge in [0.25, 0.3) is 5.91 Å². The molecule has 0 saturated heterocycles. The van der Waals surface area contributed by atoms with E-state index in [1.54, 1.807) is 0 Å². The normalized spacial score (nSPS) is 13.8. The zero-order chi connectivity index (χ0) is 15.3. The molecular weight excluding hydrogens is 293 g/mol. The maximum absolute atomic E-state index is 12.0. The molecule has 0 bridgehead atoms. The second kappa shape index (κ2) is 7.01. The molecule has 20 heavy (non-hydrogen) atoms. The molecule has 0 atom stereocenters. The highest BCUT2D eigenvalue weighted by Gasteiger charge is 2.26. The molecule has 0 unspecified atom stereocenters. The van der Waals surface area contributed by atoms with Crippen molar-refractivity contribution in [3.8, 4) is 0 Å². The van der Waals surface area contributed by atoms with Crippen LogP contribution in [0, 0.1) is 0 Å². The van der Waals surface area contributed by atoms with Crippen molar-refractivity contribution in [3.63, 3.8) is 0 Å². The van der Waals surface area contributed by atoms with Crippen LogP contribution in [0.2, 0.25) is 0 Å². The van der Waals surface area contributed by atoms with E-state index in [0.717, 1.165) is 18.7 Å². The van der Waals surface area contributed by atoms with Gasteiger partial charge in [0.2, 0.25) is 0 Å². The van der Waals surface area contributed by atoms with Crippen LogP contribution in [0.15, 0.2) is 24.3 Å². The average molecular weight is 309 g/mol. The number of carbonyl (C=O) groups is 1. The first-order valence-corrected chi connectivity index (χ1v) is 8.19. The Bertz CT molecular complexity index is 461.